The molecule has 115 heavy (non-hydrogen) atoms. The number of Topliss-reactive ketones (excluding diaryl/α,β-unsaturated/α-hetero) is 2. The summed E-state index contributed by atoms with van der Waals surface area (Å²) in [4.78, 5) is 140. The number of ketones is 2. The molecule has 4 fully saturated rings. The number of esters is 2. The van der Waals surface area contributed by atoms with E-state index in [0.717, 1.165) is 81.9 Å². The average Bonchev–Trinajstić information content (AvgIpc) is 1.59. The van der Waals surface area contributed by atoms with Crippen LogP contribution in [0, 0.1) is 22.7 Å². The van der Waals surface area contributed by atoms with Crippen LogP contribution in [0.25, 0.3) is 43.4 Å². The molecule has 7 aromatic rings. The number of hydrogen-bond acceptors (Lipinski definition) is 20. The smallest absolute Gasteiger partial charge is 0.565 e. The van der Waals surface area contributed by atoms with Gasteiger partial charge in [-0.15, -0.1) is 0 Å². The van der Waals surface area contributed by atoms with Gasteiger partial charge in [-0.1, -0.05) is 139 Å². The van der Waals surface area contributed by atoms with Crippen LogP contribution in [0.3, 0.4) is 0 Å². The maximum Gasteiger partial charge on any atom is 1.00 e. The summed E-state index contributed by atoms with van der Waals surface area (Å²) in [5, 5.41) is 26.5. The van der Waals surface area contributed by atoms with E-state index in [1.165, 1.54) is 17.0 Å². The molecule has 4 amide bonds. The number of amides is 4. The zero-order valence-corrected chi connectivity index (χ0v) is 81.9. The molecular formula is C85H100BrCs2N6O20S+. The first-order valence-electron chi connectivity index (χ1n) is 38.6. The molecule has 0 bridgehead atoms. The Morgan fingerprint density at radius 1 is 0.583 bits per heavy atom. The fourth-order valence-corrected chi connectivity index (χ4v) is 16.6. The molecule has 13 rings (SSSR count). The number of rotatable bonds is 11. The van der Waals surface area contributed by atoms with E-state index in [0.29, 0.717) is 48.9 Å². The van der Waals surface area contributed by atoms with Crippen LogP contribution in [-0.2, 0) is 62.0 Å². The van der Waals surface area contributed by atoms with Crippen LogP contribution in [0.5, 0.6) is 5.88 Å². The molecule has 6 heterocycles. The van der Waals surface area contributed by atoms with Gasteiger partial charge in [0.15, 0.2) is 11.6 Å². The van der Waals surface area contributed by atoms with Crippen molar-refractivity contribution in [1.82, 2.24) is 30.4 Å². The number of hydrogen-bond donors (Lipinski definition) is 4. The van der Waals surface area contributed by atoms with Gasteiger partial charge in [0.2, 0.25) is 23.8 Å². The maximum absolute atomic E-state index is 14.4. The van der Waals surface area contributed by atoms with Crippen molar-refractivity contribution in [2.24, 2.45) is 22.7 Å². The molecule has 2 aliphatic carbocycles. The number of fused-ring (bicyclic) bond motifs is 10. The molecule has 4 N–H and O–H groups in total. The minimum Gasteiger partial charge on any atom is -0.565 e. The molecule has 10 atom stereocenters. The Kier molecular flexibility index (Phi) is 34.8. The van der Waals surface area contributed by atoms with Gasteiger partial charge >= 0.3 is 162 Å². The first-order chi connectivity index (χ1) is 53.7. The monoisotopic (exact) mass is 1900 g/mol. The second-order valence-electron chi connectivity index (χ2n) is 31.3. The summed E-state index contributed by atoms with van der Waals surface area (Å²) in [6.07, 6.45) is 11.0. The van der Waals surface area contributed by atoms with Crippen LogP contribution >= 0.6 is 15.9 Å². The van der Waals surface area contributed by atoms with Gasteiger partial charge in [-0.3, -0.25) is 37.7 Å². The van der Waals surface area contributed by atoms with Crippen molar-refractivity contribution in [3.05, 3.63) is 160 Å². The summed E-state index contributed by atoms with van der Waals surface area (Å²) in [6, 6.07) is 33.4. The van der Waals surface area contributed by atoms with E-state index in [1.54, 1.807) is 72.4 Å². The number of carboxylic acid groups (broad SMARTS) is 2. The number of allylic oxidation sites excluding steroid dienone is 4. The maximum atomic E-state index is 14.4. The normalized spacial score (nSPS) is 24.3. The van der Waals surface area contributed by atoms with Crippen molar-refractivity contribution in [1.29, 1.82) is 0 Å². The zero-order valence-electron chi connectivity index (χ0n) is 66.9. The number of carbonyl (C=O) groups is 9. The zero-order chi connectivity index (χ0) is 81.6. The molecule has 6 aliphatic rings. The third-order valence-electron chi connectivity index (χ3n) is 20.7. The molecule has 5 aromatic carbocycles. The van der Waals surface area contributed by atoms with Crippen LogP contribution < -0.4 is 164 Å². The van der Waals surface area contributed by atoms with Crippen molar-refractivity contribution in [2.75, 3.05) is 26.3 Å². The number of halogens is 1. The van der Waals surface area contributed by atoms with E-state index in [2.05, 4.69) is 43.7 Å². The molecule has 604 valence electrons. The molecule has 0 unspecified atom stereocenters. The summed E-state index contributed by atoms with van der Waals surface area (Å²) in [7, 11) is -4.23. The quantitative estimate of drug-likeness (QED) is 0.0324. The number of benzene rings is 5. The fraction of sp³-hybridized carbons (Fsp3) is 0.471. The SMILES string of the molecule is CCOC(=O)[C@]12CC(=O)[C@@H]3C[C@@H](Oc4nc5ccccc5c5ccccc45)CN3C(=O)[C@@H](NC(=O)OC(C)(C)C)CCCCC/C=C\[C@@H]1C2.CCOC(=O)[C@]12CC(=O)[C@@H]3C[C@H](OS(=O)(=O)c4ccc(Br)cc4)CN3C(=O)[C@@H](NC(=O)OC(C)(C)C)CCCCC/C=C\[C@@H]1C2.O=C([O-])O.O=c1[nH]c2ccccc2c2ccccc12.[Cs+].[Cs+]. The topological polar surface area (TPSA) is 363 Å². The van der Waals surface area contributed by atoms with Gasteiger partial charge in [0, 0.05) is 63.8 Å². The molecule has 30 heteroatoms. The van der Waals surface area contributed by atoms with Crippen LogP contribution in [0.15, 0.2) is 160 Å². The standard InChI is InChI=1S/C39H47N3O7.C32H43BrN2O9S.C13H9NO.CH2O3.2Cs/c1-5-47-36(45)39-22-25(39)15-9-7-6-8-10-20-31(41-37(46)49-38(2,3)4)35(44)42-24-26(21-32(42)33(43)23-39)48-34-29-18-12-11-16-27(29)28-17-13-14-19-30(28)40-34;1-5-42-29(38)32-18-21(32)11-9-7-6-8-10-12-25(34-30(39)43-31(2,3)4)28(37)35-20-23(17-26(35)27(36)19-32)44-45(40,41)24-15-13-22(33)14-16-24;15-13-11-7-2-1-5-9(11)10-6-3-4-8-12(10)14-13;2-1(3)4;;/h9,11-19,25-26,31-32H,5-8,10,20-24H2,1-4H3,(H,41,46);9,11,13-16,21,23,25-26H,5-8,10,12,17-20H2,1-4H3,(H,34,39);1-8H,(H,14,15);(H2,2,3,4);;/q;;;;2*+1/p-1/b15-9-;11-9-;;;;/t25-,26-,31+,32+,39-;21-,23+,25+,26+,32-;;;;/m11..../s1. The predicted molar refractivity (Wildman–Crippen MR) is 425 cm³/mol. The summed E-state index contributed by atoms with van der Waals surface area (Å²) in [6.45, 7) is 14.2. The van der Waals surface area contributed by atoms with Gasteiger partial charge in [0.05, 0.1) is 59.2 Å². The Morgan fingerprint density at radius 2 is 1.01 bits per heavy atom. The van der Waals surface area contributed by atoms with E-state index in [-0.39, 0.29) is 236 Å². The van der Waals surface area contributed by atoms with Gasteiger partial charge < -0.3 is 64.1 Å². The first-order valence-corrected chi connectivity index (χ1v) is 40.8. The second-order valence-corrected chi connectivity index (χ2v) is 33.8. The fourth-order valence-electron chi connectivity index (χ4n) is 15.2. The predicted octanol–water partition coefficient (Wildman–Crippen LogP) is 7.32. The Morgan fingerprint density at radius 3 is 1.50 bits per heavy atom. The Bertz CT molecular complexity index is 4910. The Hall–Kier alpha value is -5.96. The summed E-state index contributed by atoms with van der Waals surface area (Å²) >= 11 is 3.29. The van der Waals surface area contributed by atoms with E-state index >= 15 is 0 Å². The van der Waals surface area contributed by atoms with Gasteiger partial charge in [0.1, 0.15) is 29.4 Å². The molecule has 26 nitrogen and oxygen atoms in total. The number of nitrogens with one attached hydrogen (secondary N) is 3. The van der Waals surface area contributed by atoms with Crippen molar-refractivity contribution in [2.45, 2.75) is 211 Å². The van der Waals surface area contributed by atoms with E-state index in [9.17, 15) is 51.6 Å². The number of H-pyrrole nitrogens is 1. The number of nitrogens with zero attached hydrogens (tertiary/aromatic N) is 3. The largest absolute Gasteiger partial charge is 1.00 e. The Balaban J connectivity index is 0.000000231. The van der Waals surface area contributed by atoms with Crippen LogP contribution in [0.2, 0.25) is 0 Å². The number of ether oxygens (including phenoxy) is 5. The van der Waals surface area contributed by atoms with Crippen molar-refractivity contribution < 1.29 is 227 Å². The second kappa shape index (κ2) is 42.3. The summed E-state index contributed by atoms with van der Waals surface area (Å²) in [5.41, 5.74) is -1.88. The molecule has 0 radical (unpaired) electrons. The number of aromatic nitrogens is 2. The van der Waals surface area contributed by atoms with Crippen molar-refractivity contribution in [3.63, 3.8) is 0 Å². The number of carbonyl (C=O) groups excluding carboxylic acids is 8. The van der Waals surface area contributed by atoms with E-state index < -0.39 is 98.7 Å². The molecule has 2 saturated carbocycles. The molecule has 2 aromatic heterocycles. The minimum absolute atomic E-state index is 0. The third kappa shape index (κ3) is 25.3. The number of aromatic amines is 1. The van der Waals surface area contributed by atoms with Gasteiger partial charge in [-0.2, -0.15) is 8.42 Å². The third-order valence-corrected chi connectivity index (χ3v) is 22.6. The van der Waals surface area contributed by atoms with Gasteiger partial charge in [0.25, 0.3) is 15.7 Å². The van der Waals surface area contributed by atoms with Crippen LogP contribution in [0.1, 0.15) is 158 Å². The number of alkyl carbamates (subject to hydrolysis) is 2. The molecular weight excluding hydrogens is 1800 g/mol. The minimum atomic E-state index is -4.23. The molecule has 2 saturated heterocycles. The average molecular weight is 1900 g/mol. The number of para-hydroxylation sites is 2. The first kappa shape index (κ1) is 94.5. The van der Waals surface area contributed by atoms with Crippen molar-refractivity contribution in [3.8, 4) is 5.88 Å². The van der Waals surface area contributed by atoms with Crippen molar-refractivity contribution >= 4 is 123 Å². The summed E-state index contributed by atoms with van der Waals surface area (Å²) < 4.78 is 61.0. The van der Waals surface area contributed by atoms with Crippen LogP contribution in [-0.4, -0.2) is 161 Å². The van der Waals surface area contributed by atoms with E-state index in [1.807, 2.05) is 109 Å². The summed E-state index contributed by atoms with van der Waals surface area (Å²) in [5.74, 6) is -2.15. The van der Waals surface area contributed by atoms with E-state index in [4.69, 9.17) is 47.9 Å². The molecule has 4 aliphatic heterocycles. The molecule has 0 spiro atoms. The Labute approximate surface area is 795 Å². The van der Waals surface area contributed by atoms with Gasteiger partial charge in [-0.25, -0.2) is 14.6 Å². The van der Waals surface area contributed by atoms with Gasteiger partial charge in [-0.05, 0) is 178 Å². The van der Waals surface area contributed by atoms with Crippen LogP contribution in [0.4, 0.5) is 14.4 Å². The number of pyridine rings is 2.